The van der Waals surface area contributed by atoms with Crippen molar-refractivity contribution in [2.45, 2.75) is 5.41 Å². The van der Waals surface area contributed by atoms with E-state index in [0.29, 0.717) is 0 Å². The molecule has 2 aliphatic rings. The number of nitrogens with zero attached hydrogens (tertiary/aromatic N) is 2. The van der Waals surface area contributed by atoms with Crippen molar-refractivity contribution in [2.75, 3.05) is 4.90 Å². The number of hydrogen-bond acceptors (Lipinski definition) is 3. The molecule has 0 saturated carbocycles. The molecule has 4 nitrogen and oxygen atoms in total. The third kappa shape index (κ3) is 5.49. The molecule has 14 aromatic rings. The highest BCUT2D eigenvalue weighted by molar-refractivity contribution is 6.22. The maximum absolute atomic E-state index is 6.32. The second-order valence-corrected chi connectivity index (χ2v) is 19.5. The molecule has 4 heterocycles. The Kier molecular flexibility index (Phi) is 8.35. The molecule has 1 aliphatic carbocycles. The molecule has 0 atom stereocenters. The van der Waals surface area contributed by atoms with Crippen LogP contribution in [0.2, 0.25) is 0 Å². The summed E-state index contributed by atoms with van der Waals surface area (Å²) >= 11 is 0. The monoisotopic (exact) mass is 930 g/mol. The third-order valence-electron chi connectivity index (χ3n) is 15.9. The summed E-state index contributed by atoms with van der Waals surface area (Å²) in [6.45, 7) is 0. The normalized spacial score (nSPS) is 13.3. The first-order valence-corrected chi connectivity index (χ1v) is 25.1. The quantitative estimate of drug-likeness (QED) is 0.161. The van der Waals surface area contributed by atoms with E-state index in [1.807, 2.05) is 12.5 Å². The number of aromatic nitrogens is 1. The van der Waals surface area contributed by atoms with Gasteiger partial charge in [-0.1, -0.05) is 176 Å². The Balaban J connectivity index is 0.910. The van der Waals surface area contributed by atoms with Crippen LogP contribution in [0.5, 0.6) is 0 Å². The molecule has 340 valence electrons. The van der Waals surface area contributed by atoms with Gasteiger partial charge in [-0.25, -0.2) is 0 Å². The predicted octanol–water partition coefficient (Wildman–Crippen LogP) is 18.6. The van der Waals surface area contributed by atoms with Crippen LogP contribution in [-0.2, 0) is 5.41 Å². The van der Waals surface area contributed by atoms with Crippen LogP contribution in [0.3, 0.4) is 0 Å². The predicted molar refractivity (Wildman–Crippen MR) is 300 cm³/mol. The zero-order chi connectivity index (χ0) is 47.8. The van der Waals surface area contributed by atoms with Crippen LogP contribution >= 0.6 is 0 Å². The van der Waals surface area contributed by atoms with Gasteiger partial charge in [0.15, 0.2) is 11.5 Å². The van der Waals surface area contributed by atoms with E-state index in [1.165, 1.54) is 82.0 Å². The van der Waals surface area contributed by atoms with Crippen LogP contribution in [0, 0.1) is 0 Å². The summed E-state index contributed by atoms with van der Waals surface area (Å²) in [5.74, 6) is 1.57. The van der Waals surface area contributed by atoms with E-state index in [2.05, 4.69) is 252 Å². The molecule has 4 heteroatoms. The van der Waals surface area contributed by atoms with Gasteiger partial charge in [0.25, 0.3) is 0 Å². The first-order valence-electron chi connectivity index (χ1n) is 25.1. The number of para-hydroxylation sites is 3. The van der Waals surface area contributed by atoms with Gasteiger partial charge in [-0.2, -0.15) is 0 Å². The Morgan fingerprint density at radius 2 is 0.890 bits per heavy atom. The Morgan fingerprint density at radius 1 is 0.315 bits per heavy atom. The molecular weight excluding hydrogens is 889 g/mol. The molecule has 0 fully saturated rings. The minimum atomic E-state index is -0.689. The van der Waals surface area contributed by atoms with E-state index < -0.39 is 5.41 Å². The van der Waals surface area contributed by atoms with Crippen LogP contribution in [0.15, 0.2) is 264 Å². The van der Waals surface area contributed by atoms with Crippen molar-refractivity contribution in [3.05, 3.63) is 277 Å². The average molecular weight is 931 g/mol. The van der Waals surface area contributed by atoms with Crippen molar-refractivity contribution < 1.29 is 8.83 Å². The summed E-state index contributed by atoms with van der Waals surface area (Å²) in [4.78, 5) is 2.48. The maximum atomic E-state index is 6.32. The van der Waals surface area contributed by atoms with E-state index in [0.717, 1.165) is 62.0 Å². The molecular formula is C69H42N2O2. The highest BCUT2D eigenvalue weighted by Gasteiger charge is 2.55. The number of hydrogen-bond donors (Lipinski definition) is 0. The summed E-state index contributed by atoms with van der Waals surface area (Å²) in [5.41, 5.74) is 17.9. The van der Waals surface area contributed by atoms with Gasteiger partial charge in [0.2, 0.25) is 0 Å². The summed E-state index contributed by atoms with van der Waals surface area (Å²) < 4.78 is 15.1. The molecule has 0 radical (unpaired) electrons. The third-order valence-corrected chi connectivity index (χ3v) is 15.9. The summed E-state index contributed by atoms with van der Waals surface area (Å²) in [6.07, 6.45) is 3.63. The topological polar surface area (TPSA) is 34.5 Å². The van der Waals surface area contributed by atoms with E-state index in [1.54, 1.807) is 0 Å². The lowest BCUT2D eigenvalue weighted by atomic mass is 9.65. The van der Waals surface area contributed by atoms with E-state index in [-0.39, 0.29) is 0 Å². The Morgan fingerprint density at radius 3 is 1.62 bits per heavy atom. The van der Waals surface area contributed by atoms with Gasteiger partial charge in [-0.15, -0.1) is 0 Å². The van der Waals surface area contributed by atoms with Crippen LogP contribution in [0.1, 0.15) is 22.3 Å². The minimum absolute atomic E-state index is 0.689. The molecule has 0 unspecified atom stereocenters. The summed E-state index contributed by atoms with van der Waals surface area (Å²) in [5, 5.41) is 9.80. The molecule has 1 spiro atoms. The first-order chi connectivity index (χ1) is 36.2. The lowest BCUT2D eigenvalue weighted by Crippen LogP contribution is -2.35. The van der Waals surface area contributed by atoms with E-state index >= 15 is 0 Å². The molecule has 0 N–H and O–H groups in total. The lowest BCUT2D eigenvalue weighted by Gasteiger charge is -2.44. The molecule has 3 aromatic heterocycles. The van der Waals surface area contributed by atoms with Crippen molar-refractivity contribution in [3.63, 3.8) is 0 Å². The van der Waals surface area contributed by atoms with Crippen molar-refractivity contribution >= 4 is 71.2 Å². The molecule has 0 bridgehead atoms. The van der Waals surface area contributed by atoms with Crippen molar-refractivity contribution in [1.82, 2.24) is 4.57 Å². The zero-order valence-corrected chi connectivity index (χ0v) is 39.5. The number of anilines is 3. The smallest absolute Gasteiger partial charge is 0.174 e. The molecule has 16 rings (SSSR count). The van der Waals surface area contributed by atoms with Crippen LogP contribution in [0.4, 0.5) is 17.1 Å². The SMILES string of the molecule is c1ccc(-n2c3ccccc3c3cc4c(cc32)N(c2ccc(-c3c5ccccc5c(-c5cccc(-c6cccc7ccccc67)c5)c5ccccc35)cc2)c2ccccc2C42c3ccoc3-c3occc32)cc1. The standard InChI is InChI=1S/C69H42N2O2/c1-2-20-47(21-3-1)70-61-30-12-10-23-51(61)56-41-60-64(42-63(56)70)71(62-31-13-11-29-57(62)69(60)58-36-38-72-67(58)68-59(69)37-39-73-68)48-34-32-44(33-35-48)65-52-24-6-8-26-54(52)66(55-27-9-7-25-53(55)65)46-19-14-18-45(40-46)50-28-15-17-43-16-4-5-22-49(43)50/h1-42H. The maximum Gasteiger partial charge on any atom is 0.174 e. The van der Waals surface area contributed by atoms with Crippen LogP contribution < -0.4 is 4.90 Å². The van der Waals surface area contributed by atoms with Gasteiger partial charge in [-0.3, -0.25) is 0 Å². The summed E-state index contributed by atoms with van der Waals surface area (Å²) in [6, 6.07) is 89.2. The molecule has 11 aromatic carbocycles. The zero-order valence-electron chi connectivity index (χ0n) is 39.5. The Labute approximate surface area is 420 Å². The van der Waals surface area contributed by atoms with Gasteiger partial charge < -0.3 is 18.3 Å². The van der Waals surface area contributed by atoms with E-state index in [9.17, 15) is 0 Å². The number of fused-ring (bicyclic) bond motifs is 15. The van der Waals surface area contributed by atoms with Gasteiger partial charge in [0.1, 0.15) is 0 Å². The highest BCUT2D eigenvalue weighted by Crippen LogP contribution is 2.65. The van der Waals surface area contributed by atoms with Gasteiger partial charge in [-0.05, 0) is 144 Å². The lowest BCUT2D eigenvalue weighted by molar-refractivity contribution is 0.525. The molecule has 0 saturated heterocycles. The van der Waals surface area contributed by atoms with Crippen molar-refractivity contribution in [1.29, 1.82) is 0 Å². The molecule has 0 amide bonds. The largest absolute Gasteiger partial charge is 0.461 e. The number of benzene rings is 11. The van der Waals surface area contributed by atoms with Gasteiger partial charge in [0, 0.05) is 33.3 Å². The fraction of sp³-hybridized carbons (Fsp3) is 0.0145. The van der Waals surface area contributed by atoms with E-state index in [4.69, 9.17) is 8.83 Å². The van der Waals surface area contributed by atoms with Crippen LogP contribution in [0.25, 0.3) is 105 Å². The van der Waals surface area contributed by atoms with Crippen LogP contribution in [-0.4, -0.2) is 4.57 Å². The Hall–Kier alpha value is -9.64. The Bertz CT molecular complexity index is 4470. The average Bonchev–Trinajstić information content (AvgIpc) is 4.26. The van der Waals surface area contributed by atoms with Crippen molar-refractivity contribution in [3.8, 4) is 50.6 Å². The summed E-state index contributed by atoms with van der Waals surface area (Å²) in [7, 11) is 0. The number of rotatable bonds is 5. The fourth-order valence-corrected chi connectivity index (χ4v) is 13.0. The second kappa shape index (κ2) is 15.2. The molecule has 73 heavy (non-hydrogen) atoms. The molecule has 1 aliphatic heterocycles. The van der Waals surface area contributed by atoms with Gasteiger partial charge >= 0.3 is 0 Å². The van der Waals surface area contributed by atoms with Gasteiger partial charge in [0.05, 0.1) is 40.3 Å². The first kappa shape index (κ1) is 40.1. The second-order valence-electron chi connectivity index (χ2n) is 19.5. The fourth-order valence-electron chi connectivity index (χ4n) is 13.0. The highest BCUT2D eigenvalue weighted by atomic mass is 16.4. The number of furan rings is 2. The minimum Gasteiger partial charge on any atom is -0.461 e. The van der Waals surface area contributed by atoms with Crippen molar-refractivity contribution in [2.24, 2.45) is 0 Å².